The third kappa shape index (κ3) is 1.49. The molecular formula is C9H12O3. The topological polar surface area (TPSA) is 46.5 Å². The second-order valence-electron chi connectivity index (χ2n) is 2.68. The molecule has 0 saturated heterocycles. The highest BCUT2D eigenvalue weighted by molar-refractivity contribution is 5.91. The fourth-order valence-corrected chi connectivity index (χ4v) is 1.06. The van der Waals surface area contributed by atoms with Crippen LogP contribution in [0.1, 0.15) is 20.3 Å². The number of esters is 1. The number of aliphatic hydroxyl groups is 1. The van der Waals surface area contributed by atoms with Crippen molar-refractivity contribution in [2.24, 2.45) is 0 Å². The van der Waals surface area contributed by atoms with Gasteiger partial charge in [0.1, 0.15) is 5.76 Å². The monoisotopic (exact) mass is 168 g/mol. The van der Waals surface area contributed by atoms with Gasteiger partial charge in [0.15, 0.2) is 6.10 Å². The van der Waals surface area contributed by atoms with E-state index in [0.717, 1.165) is 0 Å². The lowest BCUT2D eigenvalue weighted by Gasteiger charge is -1.99. The van der Waals surface area contributed by atoms with Crippen LogP contribution < -0.4 is 0 Å². The van der Waals surface area contributed by atoms with Crippen LogP contribution in [0.25, 0.3) is 0 Å². The Labute approximate surface area is 71.3 Å². The van der Waals surface area contributed by atoms with Gasteiger partial charge < -0.3 is 9.84 Å². The molecule has 0 aliphatic carbocycles. The lowest BCUT2D eigenvalue weighted by atomic mass is 10.1. The van der Waals surface area contributed by atoms with Crippen molar-refractivity contribution in [3.63, 3.8) is 0 Å². The molecule has 0 bridgehead atoms. The summed E-state index contributed by atoms with van der Waals surface area (Å²) in [6.07, 6.45) is 3.62. The summed E-state index contributed by atoms with van der Waals surface area (Å²) < 4.78 is 4.79. The summed E-state index contributed by atoms with van der Waals surface area (Å²) in [4.78, 5) is 11.0. The van der Waals surface area contributed by atoms with Crippen LogP contribution >= 0.6 is 0 Å². The molecule has 3 nitrogen and oxygen atoms in total. The zero-order valence-corrected chi connectivity index (χ0v) is 7.20. The summed E-state index contributed by atoms with van der Waals surface area (Å²) in [7, 11) is 0. The van der Waals surface area contributed by atoms with Gasteiger partial charge in [-0.05, 0) is 13.8 Å². The molecule has 1 rings (SSSR count). The summed E-state index contributed by atoms with van der Waals surface area (Å²) in [6, 6.07) is 0. The molecule has 1 aliphatic heterocycles. The Kier molecular flexibility index (Phi) is 2.53. The lowest BCUT2D eigenvalue weighted by Crippen LogP contribution is -2.05. The van der Waals surface area contributed by atoms with Gasteiger partial charge in [0, 0.05) is 6.42 Å². The van der Waals surface area contributed by atoms with Crippen molar-refractivity contribution < 1.29 is 14.6 Å². The molecule has 0 spiro atoms. The van der Waals surface area contributed by atoms with Crippen molar-refractivity contribution >= 4 is 5.97 Å². The van der Waals surface area contributed by atoms with Crippen LogP contribution in [-0.2, 0) is 9.53 Å². The molecule has 0 amide bonds. The lowest BCUT2D eigenvalue weighted by molar-refractivity contribution is -0.139. The van der Waals surface area contributed by atoms with Gasteiger partial charge in [-0.15, -0.1) is 0 Å². The largest absolute Gasteiger partial charge is 0.508 e. The van der Waals surface area contributed by atoms with Gasteiger partial charge in [0.25, 0.3) is 0 Å². The molecule has 1 atom stereocenters. The van der Waals surface area contributed by atoms with Gasteiger partial charge in [0.05, 0.1) is 5.57 Å². The number of hydrogen-bond acceptors (Lipinski definition) is 3. The molecule has 0 saturated carbocycles. The number of ether oxygens (including phenoxy) is 1. The minimum atomic E-state index is -0.474. The smallest absolute Gasteiger partial charge is 0.338 e. The maximum atomic E-state index is 11.0. The zero-order valence-electron chi connectivity index (χ0n) is 7.20. The summed E-state index contributed by atoms with van der Waals surface area (Å²) in [5, 5.41) is 9.35. The summed E-state index contributed by atoms with van der Waals surface area (Å²) in [5.41, 5.74) is 0.376. The second-order valence-corrected chi connectivity index (χ2v) is 2.68. The first-order valence-corrected chi connectivity index (χ1v) is 3.91. The van der Waals surface area contributed by atoms with E-state index >= 15 is 0 Å². The number of hydrogen-bond donors (Lipinski definition) is 1. The molecule has 66 valence electrons. The number of carbonyl (C=O) groups is 1. The highest BCUT2D eigenvalue weighted by atomic mass is 16.6. The Morgan fingerprint density at radius 2 is 2.33 bits per heavy atom. The van der Waals surface area contributed by atoms with Crippen LogP contribution in [0.4, 0.5) is 0 Å². The molecule has 0 aromatic carbocycles. The molecular weight excluding hydrogens is 156 g/mol. The SMILES string of the molecule is C/C=C/CC1=C(O)[C@H](C)OC1=O. The predicted molar refractivity (Wildman–Crippen MR) is 44.6 cm³/mol. The van der Waals surface area contributed by atoms with E-state index in [0.29, 0.717) is 12.0 Å². The van der Waals surface area contributed by atoms with Crippen molar-refractivity contribution in [2.75, 3.05) is 0 Å². The molecule has 1 N–H and O–H groups in total. The first-order chi connectivity index (χ1) is 5.66. The van der Waals surface area contributed by atoms with Crippen LogP contribution in [0.5, 0.6) is 0 Å². The Hall–Kier alpha value is -1.25. The Balaban J connectivity index is 2.78. The Morgan fingerprint density at radius 3 is 2.75 bits per heavy atom. The highest BCUT2D eigenvalue weighted by Crippen LogP contribution is 2.22. The quantitative estimate of drug-likeness (QED) is 0.504. The standard InChI is InChI=1S/C9H12O3/c1-3-4-5-7-8(10)6(2)12-9(7)11/h3-4,6,10H,5H2,1-2H3/b4-3+/t6-/m0/s1. The number of carbonyl (C=O) groups excluding carboxylic acids is 1. The van der Waals surface area contributed by atoms with Crippen LogP contribution in [0.2, 0.25) is 0 Å². The number of cyclic esters (lactones) is 1. The molecule has 1 heterocycles. The average molecular weight is 168 g/mol. The van der Waals surface area contributed by atoms with Crippen LogP contribution in [0, 0.1) is 0 Å². The van der Waals surface area contributed by atoms with Gasteiger partial charge in [-0.25, -0.2) is 4.79 Å². The minimum Gasteiger partial charge on any atom is -0.508 e. The second kappa shape index (κ2) is 3.43. The molecule has 0 aromatic rings. The summed E-state index contributed by atoms with van der Waals surface area (Å²) in [5.74, 6) is -0.337. The highest BCUT2D eigenvalue weighted by Gasteiger charge is 2.29. The van der Waals surface area contributed by atoms with Crippen LogP contribution in [0.15, 0.2) is 23.5 Å². The van der Waals surface area contributed by atoms with Crippen molar-refractivity contribution in [3.8, 4) is 0 Å². The van der Waals surface area contributed by atoms with E-state index in [-0.39, 0.29) is 5.76 Å². The van der Waals surface area contributed by atoms with Crippen molar-refractivity contribution in [1.82, 2.24) is 0 Å². The van der Waals surface area contributed by atoms with Crippen molar-refractivity contribution in [2.45, 2.75) is 26.4 Å². The fourth-order valence-electron chi connectivity index (χ4n) is 1.06. The number of allylic oxidation sites excluding steroid dienone is 2. The number of aliphatic hydroxyl groups excluding tert-OH is 1. The van der Waals surface area contributed by atoms with Gasteiger partial charge in [-0.2, -0.15) is 0 Å². The van der Waals surface area contributed by atoms with Gasteiger partial charge in [-0.3, -0.25) is 0 Å². The molecule has 0 fully saturated rings. The number of rotatable bonds is 2. The Morgan fingerprint density at radius 1 is 1.67 bits per heavy atom. The first kappa shape index (κ1) is 8.84. The van der Waals surface area contributed by atoms with Gasteiger partial charge >= 0.3 is 5.97 Å². The van der Waals surface area contributed by atoms with E-state index in [1.165, 1.54) is 0 Å². The van der Waals surface area contributed by atoms with E-state index in [2.05, 4.69) is 0 Å². The van der Waals surface area contributed by atoms with Gasteiger partial charge in [-0.1, -0.05) is 12.2 Å². The normalized spacial score (nSPS) is 23.8. The van der Waals surface area contributed by atoms with E-state index in [4.69, 9.17) is 4.74 Å². The van der Waals surface area contributed by atoms with E-state index in [9.17, 15) is 9.90 Å². The molecule has 0 radical (unpaired) electrons. The molecule has 1 aliphatic rings. The van der Waals surface area contributed by atoms with Gasteiger partial charge in [0.2, 0.25) is 0 Å². The predicted octanol–water partition coefficient (Wildman–Crippen LogP) is 1.71. The van der Waals surface area contributed by atoms with Crippen LogP contribution in [0.3, 0.4) is 0 Å². The molecule has 0 aromatic heterocycles. The van der Waals surface area contributed by atoms with E-state index in [1.54, 1.807) is 6.92 Å². The first-order valence-electron chi connectivity index (χ1n) is 3.91. The molecule has 12 heavy (non-hydrogen) atoms. The Bertz CT molecular complexity index is 250. The summed E-state index contributed by atoms with van der Waals surface area (Å²) >= 11 is 0. The van der Waals surface area contributed by atoms with Crippen molar-refractivity contribution in [1.29, 1.82) is 0 Å². The molecule has 3 heteroatoms. The molecule has 0 unspecified atom stereocenters. The zero-order chi connectivity index (χ0) is 9.14. The third-order valence-electron chi connectivity index (χ3n) is 1.78. The van der Waals surface area contributed by atoms with E-state index in [1.807, 2.05) is 19.1 Å². The maximum Gasteiger partial charge on any atom is 0.338 e. The summed E-state index contributed by atoms with van der Waals surface area (Å²) in [6.45, 7) is 3.51. The minimum absolute atomic E-state index is 0.0677. The maximum absolute atomic E-state index is 11.0. The van der Waals surface area contributed by atoms with Crippen molar-refractivity contribution in [3.05, 3.63) is 23.5 Å². The van der Waals surface area contributed by atoms with Crippen LogP contribution in [-0.4, -0.2) is 17.2 Å². The fraction of sp³-hybridized carbons (Fsp3) is 0.444. The average Bonchev–Trinajstić information content (AvgIpc) is 2.25. The van der Waals surface area contributed by atoms with E-state index < -0.39 is 12.1 Å². The third-order valence-corrected chi connectivity index (χ3v) is 1.78.